The van der Waals surface area contributed by atoms with Crippen LogP contribution in [0.1, 0.15) is 62.6 Å². The van der Waals surface area contributed by atoms with Crippen LogP contribution in [0.2, 0.25) is 0 Å². The van der Waals surface area contributed by atoms with Gasteiger partial charge < -0.3 is 21.3 Å². The first kappa shape index (κ1) is 26.7. The van der Waals surface area contributed by atoms with Gasteiger partial charge in [-0.05, 0) is 49.7 Å². The maximum atomic E-state index is 13.6. The van der Waals surface area contributed by atoms with Crippen molar-refractivity contribution in [1.29, 1.82) is 0 Å². The minimum absolute atomic E-state index is 0. The molecule has 4 atom stereocenters. The van der Waals surface area contributed by atoms with E-state index in [4.69, 9.17) is 5.73 Å². The number of carbonyl (C=O) groups is 3. The summed E-state index contributed by atoms with van der Waals surface area (Å²) in [5, 5.41) is 6.05. The minimum Gasteiger partial charge on any atom is -0.343 e. The van der Waals surface area contributed by atoms with Crippen molar-refractivity contribution in [2.45, 2.75) is 75.7 Å². The molecule has 2 aliphatic heterocycles. The van der Waals surface area contributed by atoms with Crippen LogP contribution in [-0.4, -0.2) is 46.8 Å². The normalized spacial score (nSPS) is 22.5. The van der Waals surface area contributed by atoms with Crippen LogP contribution in [-0.2, 0) is 14.4 Å². The third kappa shape index (κ3) is 6.03. The van der Waals surface area contributed by atoms with E-state index < -0.39 is 18.1 Å². The summed E-state index contributed by atoms with van der Waals surface area (Å²) < 4.78 is 0. The number of carbonyl (C=O) groups excluding carboxylic acids is 3. The lowest BCUT2D eigenvalue weighted by Gasteiger charge is -2.32. The number of hydrogen-bond donors (Lipinski definition) is 3. The van der Waals surface area contributed by atoms with Crippen LogP contribution in [0.15, 0.2) is 60.7 Å². The van der Waals surface area contributed by atoms with Gasteiger partial charge in [-0.2, -0.15) is 0 Å². The summed E-state index contributed by atoms with van der Waals surface area (Å²) in [6, 6.07) is 17.6. The van der Waals surface area contributed by atoms with Crippen molar-refractivity contribution in [3.05, 3.63) is 71.8 Å². The zero-order valence-electron chi connectivity index (χ0n) is 20.1. The Kier molecular flexibility index (Phi) is 9.29. The SMILES string of the molecule is CC[C@H](N)C(=O)N[C@H]1CCC[C@H]2CC[C@@H](C(=O)NC(c3ccccc3)c3ccccc3)N2C1=O.Cl. The lowest BCUT2D eigenvalue weighted by Crippen LogP contribution is -2.56. The molecule has 2 aliphatic rings. The maximum absolute atomic E-state index is 13.6. The van der Waals surface area contributed by atoms with Gasteiger partial charge in [-0.3, -0.25) is 14.4 Å². The predicted octanol–water partition coefficient (Wildman–Crippen LogP) is 3.08. The molecule has 7 nitrogen and oxygen atoms in total. The summed E-state index contributed by atoms with van der Waals surface area (Å²) in [4.78, 5) is 41.2. The van der Waals surface area contributed by atoms with E-state index in [2.05, 4.69) is 10.6 Å². The Bertz CT molecular complexity index is 965. The second kappa shape index (κ2) is 12.2. The van der Waals surface area contributed by atoms with Gasteiger partial charge >= 0.3 is 0 Å². The van der Waals surface area contributed by atoms with E-state index in [1.807, 2.05) is 67.6 Å². The Morgan fingerprint density at radius 3 is 2.14 bits per heavy atom. The molecule has 0 radical (unpaired) electrons. The number of amides is 3. The van der Waals surface area contributed by atoms with E-state index in [1.165, 1.54) is 0 Å². The molecule has 2 aromatic rings. The van der Waals surface area contributed by atoms with Gasteiger partial charge in [0.25, 0.3) is 0 Å². The zero-order valence-corrected chi connectivity index (χ0v) is 20.9. The molecule has 0 aliphatic carbocycles. The van der Waals surface area contributed by atoms with Crippen LogP contribution in [0.4, 0.5) is 0 Å². The van der Waals surface area contributed by atoms with Gasteiger partial charge in [0.1, 0.15) is 12.1 Å². The molecule has 4 rings (SSSR count). The summed E-state index contributed by atoms with van der Waals surface area (Å²) in [5.74, 6) is -0.647. The first-order valence-corrected chi connectivity index (χ1v) is 12.3. The quantitative estimate of drug-likeness (QED) is 0.545. The van der Waals surface area contributed by atoms with E-state index in [1.54, 1.807) is 4.90 Å². The van der Waals surface area contributed by atoms with Gasteiger partial charge in [0.15, 0.2) is 0 Å². The molecular weight excluding hydrogens is 464 g/mol. The van der Waals surface area contributed by atoms with Gasteiger partial charge in [-0.15, -0.1) is 12.4 Å². The van der Waals surface area contributed by atoms with Gasteiger partial charge in [0.05, 0.1) is 12.1 Å². The molecule has 2 aromatic carbocycles. The zero-order chi connectivity index (χ0) is 24.1. The monoisotopic (exact) mass is 498 g/mol. The molecule has 3 amide bonds. The highest BCUT2D eigenvalue weighted by Crippen LogP contribution is 2.33. The fourth-order valence-electron chi connectivity index (χ4n) is 5.10. The van der Waals surface area contributed by atoms with Gasteiger partial charge in [0, 0.05) is 6.04 Å². The largest absolute Gasteiger partial charge is 0.343 e. The van der Waals surface area contributed by atoms with Crippen molar-refractivity contribution < 1.29 is 14.4 Å². The molecule has 188 valence electrons. The lowest BCUT2D eigenvalue weighted by molar-refractivity contribution is -0.143. The highest BCUT2D eigenvalue weighted by molar-refractivity contribution is 5.94. The van der Waals surface area contributed by atoms with Crippen molar-refractivity contribution in [1.82, 2.24) is 15.5 Å². The number of nitrogens with zero attached hydrogens (tertiary/aromatic N) is 1. The molecule has 35 heavy (non-hydrogen) atoms. The summed E-state index contributed by atoms with van der Waals surface area (Å²) in [7, 11) is 0. The van der Waals surface area contributed by atoms with Gasteiger partial charge in [0.2, 0.25) is 17.7 Å². The van der Waals surface area contributed by atoms with Crippen molar-refractivity contribution in [2.24, 2.45) is 5.73 Å². The first-order chi connectivity index (χ1) is 16.5. The van der Waals surface area contributed by atoms with E-state index in [-0.39, 0.29) is 42.2 Å². The van der Waals surface area contributed by atoms with Crippen molar-refractivity contribution in [2.75, 3.05) is 0 Å². The number of rotatable bonds is 7. The highest BCUT2D eigenvalue weighted by atomic mass is 35.5. The number of nitrogens with two attached hydrogens (primary N) is 1. The number of halogens is 1. The Morgan fingerprint density at radius 2 is 1.57 bits per heavy atom. The van der Waals surface area contributed by atoms with Gasteiger partial charge in [-0.25, -0.2) is 0 Å². The van der Waals surface area contributed by atoms with Crippen molar-refractivity contribution in [3.63, 3.8) is 0 Å². The van der Waals surface area contributed by atoms with E-state index >= 15 is 0 Å². The molecule has 2 fully saturated rings. The van der Waals surface area contributed by atoms with Crippen LogP contribution in [0.3, 0.4) is 0 Å². The van der Waals surface area contributed by atoms with Crippen LogP contribution in [0, 0.1) is 0 Å². The topological polar surface area (TPSA) is 105 Å². The fraction of sp³-hybridized carbons (Fsp3) is 0.444. The fourth-order valence-corrected chi connectivity index (χ4v) is 5.10. The number of fused-ring (bicyclic) bond motifs is 1. The van der Waals surface area contributed by atoms with Crippen LogP contribution >= 0.6 is 12.4 Å². The first-order valence-electron chi connectivity index (χ1n) is 12.3. The second-order valence-electron chi connectivity index (χ2n) is 9.26. The maximum Gasteiger partial charge on any atom is 0.246 e. The molecule has 4 N–H and O–H groups in total. The summed E-state index contributed by atoms with van der Waals surface area (Å²) >= 11 is 0. The lowest BCUT2D eigenvalue weighted by atomic mass is 9.98. The number of benzene rings is 2. The Labute approximate surface area is 213 Å². The summed E-state index contributed by atoms with van der Waals surface area (Å²) in [6.07, 6.45) is 4.14. The molecule has 2 saturated heterocycles. The van der Waals surface area contributed by atoms with Gasteiger partial charge in [-0.1, -0.05) is 67.6 Å². The second-order valence-corrected chi connectivity index (χ2v) is 9.26. The van der Waals surface area contributed by atoms with Crippen molar-refractivity contribution in [3.8, 4) is 0 Å². The molecule has 2 heterocycles. The number of nitrogens with one attached hydrogen (secondary N) is 2. The predicted molar refractivity (Wildman–Crippen MR) is 138 cm³/mol. The van der Waals surface area contributed by atoms with Crippen LogP contribution < -0.4 is 16.4 Å². The van der Waals surface area contributed by atoms with Crippen LogP contribution in [0.5, 0.6) is 0 Å². The highest BCUT2D eigenvalue weighted by Gasteiger charge is 2.45. The average Bonchev–Trinajstić information content (AvgIpc) is 3.24. The van der Waals surface area contributed by atoms with E-state index in [0.29, 0.717) is 19.3 Å². The molecule has 8 heteroatoms. The number of hydrogen-bond acceptors (Lipinski definition) is 4. The van der Waals surface area contributed by atoms with E-state index in [0.717, 1.165) is 30.4 Å². The molecule has 0 unspecified atom stereocenters. The summed E-state index contributed by atoms with van der Waals surface area (Å²) in [5.41, 5.74) is 7.83. The molecule has 0 spiro atoms. The third-order valence-electron chi connectivity index (χ3n) is 7.03. The van der Waals surface area contributed by atoms with Crippen LogP contribution in [0.25, 0.3) is 0 Å². The molecule has 0 saturated carbocycles. The molecule has 0 bridgehead atoms. The smallest absolute Gasteiger partial charge is 0.246 e. The van der Waals surface area contributed by atoms with Crippen molar-refractivity contribution >= 4 is 30.1 Å². The standard InChI is InChI=1S/C27H34N4O3.ClH/c1-2-21(28)25(32)29-22-15-9-14-20-16-17-23(31(20)27(22)34)26(33)30-24(18-10-5-3-6-11-18)19-12-7-4-8-13-19;/h3-8,10-13,20-24H,2,9,14-17,28H2,1H3,(H,29,32)(H,30,33);1H/t20-,21-,22-,23-;/m0./s1. The third-order valence-corrected chi connectivity index (χ3v) is 7.03. The molecular formula is C27H35ClN4O3. The Balaban J connectivity index is 0.00000342. The summed E-state index contributed by atoms with van der Waals surface area (Å²) in [6.45, 7) is 1.84. The Morgan fingerprint density at radius 1 is 0.971 bits per heavy atom. The average molecular weight is 499 g/mol. The van der Waals surface area contributed by atoms with E-state index in [9.17, 15) is 14.4 Å². The molecule has 0 aromatic heterocycles. The Hall–Kier alpha value is -2.90. The minimum atomic E-state index is -0.637.